The van der Waals surface area contributed by atoms with Gasteiger partial charge in [-0.3, -0.25) is 18.8 Å². The van der Waals surface area contributed by atoms with Gasteiger partial charge in [-0.15, -0.1) is 0 Å². The number of aromatic nitrogens is 3. The average Bonchev–Trinajstić information content (AvgIpc) is 3.44. The van der Waals surface area contributed by atoms with Gasteiger partial charge in [0.2, 0.25) is 0 Å². The van der Waals surface area contributed by atoms with Crippen LogP contribution < -0.4 is 10.2 Å². The topological polar surface area (TPSA) is 68.9 Å². The number of nitrogens with zero attached hydrogens (tertiary/aromatic N) is 3. The summed E-state index contributed by atoms with van der Waals surface area (Å²) in [5.74, 6) is -0.111. The van der Waals surface area contributed by atoms with Gasteiger partial charge in [0.05, 0.1) is 11.4 Å². The second-order valence-corrected chi connectivity index (χ2v) is 8.19. The lowest BCUT2D eigenvalue weighted by Gasteiger charge is -2.10. The zero-order valence-electron chi connectivity index (χ0n) is 17.3. The van der Waals surface area contributed by atoms with Crippen molar-refractivity contribution in [2.75, 3.05) is 6.54 Å². The molecular weight excluding hydrogens is 408 g/mol. The van der Waals surface area contributed by atoms with E-state index < -0.39 is 0 Å². The minimum absolute atomic E-state index is 0.0501. The van der Waals surface area contributed by atoms with Crippen LogP contribution in [-0.2, 0) is 6.54 Å². The minimum Gasteiger partial charge on any atom is -0.352 e. The molecule has 0 atom stereocenters. The molecule has 31 heavy (non-hydrogen) atoms. The van der Waals surface area contributed by atoms with Crippen molar-refractivity contribution in [3.8, 4) is 16.9 Å². The van der Waals surface area contributed by atoms with Crippen molar-refractivity contribution in [2.45, 2.75) is 26.3 Å². The third-order valence-electron chi connectivity index (χ3n) is 5.07. The number of thiazole rings is 1. The Morgan fingerprint density at radius 2 is 1.94 bits per heavy atom. The first-order valence-corrected chi connectivity index (χ1v) is 11.1. The molecule has 1 N–H and O–H groups in total. The molecular formula is C24H24N4O2S. The van der Waals surface area contributed by atoms with Crippen LogP contribution in [-0.4, -0.2) is 26.8 Å². The summed E-state index contributed by atoms with van der Waals surface area (Å²) in [5.41, 5.74) is 4.16. The summed E-state index contributed by atoms with van der Waals surface area (Å²) in [7, 11) is 0. The van der Waals surface area contributed by atoms with Crippen LogP contribution in [0.15, 0.2) is 77.2 Å². The summed E-state index contributed by atoms with van der Waals surface area (Å²) >= 11 is 1.16. The van der Waals surface area contributed by atoms with Gasteiger partial charge in [0, 0.05) is 42.0 Å². The number of carbonyl (C=O) groups is 1. The van der Waals surface area contributed by atoms with Gasteiger partial charge in [-0.2, -0.15) is 5.10 Å². The molecule has 0 unspecified atom stereocenters. The molecule has 4 rings (SSSR count). The van der Waals surface area contributed by atoms with E-state index in [1.54, 1.807) is 16.8 Å². The Labute approximate surface area is 184 Å². The predicted molar refractivity (Wildman–Crippen MR) is 124 cm³/mol. The van der Waals surface area contributed by atoms with Crippen molar-refractivity contribution in [2.24, 2.45) is 0 Å². The van der Waals surface area contributed by atoms with Gasteiger partial charge >= 0.3 is 4.87 Å². The van der Waals surface area contributed by atoms with E-state index in [-0.39, 0.29) is 10.8 Å². The van der Waals surface area contributed by atoms with Gasteiger partial charge in [-0.1, -0.05) is 41.2 Å². The largest absolute Gasteiger partial charge is 0.352 e. The molecule has 4 aromatic rings. The van der Waals surface area contributed by atoms with Gasteiger partial charge in [0.15, 0.2) is 0 Å². The Morgan fingerprint density at radius 1 is 1.10 bits per heavy atom. The monoisotopic (exact) mass is 432 g/mol. The van der Waals surface area contributed by atoms with Crippen LogP contribution in [0.2, 0.25) is 0 Å². The van der Waals surface area contributed by atoms with Crippen molar-refractivity contribution in [1.82, 2.24) is 19.7 Å². The quantitative estimate of drug-likeness (QED) is 0.423. The van der Waals surface area contributed by atoms with Crippen LogP contribution in [0.5, 0.6) is 0 Å². The maximum absolute atomic E-state index is 12.6. The van der Waals surface area contributed by atoms with Crippen molar-refractivity contribution < 1.29 is 4.79 Å². The molecule has 0 spiro atoms. The van der Waals surface area contributed by atoms with E-state index in [9.17, 15) is 9.59 Å². The van der Waals surface area contributed by atoms with E-state index in [4.69, 9.17) is 0 Å². The van der Waals surface area contributed by atoms with Crippen LogP contribution in [0.3, 0.4) is 0 Å². The second-order valence-electron chi connectivity index (χ2n) is 7.37. The number of hydrogen-bond acceptors (Lipinski definition) is 4. The molecule has 0 aliphatic carbocycles. The zero-order valence-corrected chi connectivity index (χ0v) is 18.1. The number of nitrogens with one attached hydrogen (secondary N) is 1. The number of hydrogen-bond donors (Lipinski definition) is 1. The fourth-order valence-corrected chi connectivity index (χ4v) is 4.16. The van der Waals surface area contributed by atoms with Crippen LogP contribution >= 0.6 is 11.3 Å². The van der Waals surface area contributed by atoms with E-state index >= 15 is 0 Å². The maximum Gasteiger partial charge on any atom is 0.312 e. The van der Waals surface area contributed by atoms with Gasteiger partial charge in [0.1, 0.15) is 0 Å². The first-order chi connectivity index (χ1) is 15.1. The summed E-state index contributed by atoms with van der Waals surface area (Å²) in [4.78, 5) is 25.1. The van der Waals surface area contributed by atoms with Crippen LogP contribution in [0, 0.1) is 6.92 Å². The van der Waals surface area contributed by atoms with Crippen LogP contribution in [0.4, 0.5) is 0 Å². The predicted octanol–water partition coefficient (Wildman–Crippen LogP) is 4.28. The lowest BCUT2D eigenvalue weighted by molar-refractivity contribution is 0.0953. The zero-order chi connectivity index (χ0) is 21.6. The number of rotatable bonds is 8. The highest BCUT2D eigenvalue weighted by Gasteiger charge is 2.13. The molecule has 7 heteroatoms. The summed E-state index contributed by atoms with van der Waals surface area (Å²) in [6.45, 7) is 3.46. The minimum atomic E-state index is -0.111. The molecule has 6 nitrogen and oxygen atoms in total. The number of aryl methyl sites for hydroxylation is 2. The third-order valence-corrected chi connectivity index (χ3v) is 5.79. The summed E-state index contributed by atoms with van der Waals surface area (Å²) in [6, 6.07) is 17.2. The van der Waals surface area contributed by atoms with Crippen LogP contribution in [0.1, 0.15) is 28.8 Å². The Morgan fingerprint density at radius 3 is 2.71 bits per heavy atom. The van der Waals surface area contributed by atoms with Gasteiger partial charge in [-0.25, -0.2) is 0 Å². The molecule has 2 aromatic carbocycles. The first kappa shape index (κ1) is 20.8. The van der Waals surface area contributed by atoms with E-state index in [0.717, 1.165) is 53.2 Å². The molecule has 0 bridgehead atoms. The lowest BCUT2D eigenvalue weighted by atomic mass is 10.1. The van der Waals surface area contributed by atoms with E-state index in [1.165, 1.54) is 0 Å². The molecule has 2 aromatic heterocycles. The normalized spacial score (nSPS) is 10.9. The standard InChI is InChI=1S/C24H24N4O2S/c1-18-8-10-21(11-9-18)28-22(17-31-24(28)30)19-6-4-7-20(16-19)23(29)25-12-2-3-14-27-15-5-13-26-27/h4-11,13,15-17H,2-3,12,14H2,1H3,(H,25,29). The van der Waals surface area contributed by atoms with E-state index in [2.05, 4.69) is 10.4 Å². The highest BCUT2D eigenvalue weighted by molar-refractivity contribution is 7.07. The smallest absolute Gasteiger partial charge is 0.312 e. The molecule has 1 amide bonds. The Bertz CT molecular complexity index is 1210. The van der Waals surface area contributed by atoms with Crippen molar-refractivity contribution >= 4 is 17.2 Å². The number of amides is 1. The molecule has 0 fully saturated rings. The van der Waals surface area contributed by atoms with Gasteiger partial charge < -0.3 is 5.32 Å². The van der Waals surface area contributed by atoms with Crippen molar-refractivity contribution in [3.63, 3.8) is 0 Å². The molecule has 2 heterocycles. The third kappa shape index (κ3) is 5.00. The van der Waals surface area contributed by atoms with E-state index in [1.807, 2.05) is 71.7 Å². The Balaban J connectivity index is 1.44. The lowest BCUT2D eigenvalue weighted by Crippen LogP contribution is -2.24. The summed E-state index contributed by atoms with van der Waals surface area (Å²) in [6.07, 6.45) is 5.52. The number of unbranched alkanes of at least 4 members (excludes halogenated alkanes) is 1. The Kier molecular flexibility index (Phi) is 6.43. The van der Waals surface area contributed by atoms with Crippen molar-refractivity contribution in [3.05, 3.63) is 93.2 Å². The highest BCUT2D eigenvalue weighted by atomic mass is 32.1. The SMILES string of the molecule is Cc1ccc(-n2c(-c3cccc(C(=O)NCCCCn4cccn4)c3)csc2=O)cc1. The van der Waals surface area contributed by atoms with E-state index in [0.29, 0.717) is 12.1 Å². The first-order valence-electron chi connectivity index (χ1n) is 10.3. The summed E-state index contributed by atoms with van der Waals surface area (Å²) < 4.78 is 3.58. The Hall–Kier alpha value is -3.45. The van der Waals surface area contributed by atoms with Crippen LogP contribution in [0.25, 0.3) is 16.9 Å². The molecule has 0 aliphatic heterocycles. The fourth-order valence-electron chi connectivity index (χ4n) is 3.40. The maximum atomic E-state index is 12.6. The molecule has 0 saturated heterocycles. The average molecular weight is 433 g/mol. The number of carbonyl (C=O) groups excluding carboxylic acids is 1. The fraction of sp³-hybridized carbons (Fsp3) is 0.208. The summed E-state index contributed by atoms with van der Waals surface area (Å²) in [5, 5.41) is 9.00. The van der Waals surface area contributed by atoms with Crippen molar-refractivity contribution in [1.29, 1.82) is 0 Å². The van der Waals surface area contributed by atoms with Gasteiger partial charge in [0.25, 0.3) is 5.91 Å². The molecule has 158 valence electrons. The second kappa shape index (κ2) is 9.57. The molecule has 0 aliphatic rings. The molecule has 0 radical (unpaired) electrons. The number of benzene rings is 2. The highest BCUT2D eigenvalue weighted by Crippen LogP contribution is 2.24. The molecule has 0 saturated carbocycles. The van der Waals surface area contributed by atoms with Gasteiger partial charge in [-0.05, 0) is 50.1 Å².